The van der Waals surface area contributed by atoms with Crippen molar-refractivity contribution in [3.8, 4) is 11.5 Å². The Kier molecular flexibility index (Phi) is 3.64. The topological polar surface area (TPSA) is 58.6 Å². The fraction of sp³-hybridized carbons (Fsp3) is 0.462. The third-order valence-electron chi connectivity index (χ3n) is 2.95. The van der Waals surface area contributed by atoms with Crippen LogP contribution in [0.25, 0.3) is 0 Å². The van der Waals surface area contributed by atoms with E-state index < -0.39 is 5.97 Å². The lowest BCUT2D eigenvalue weighted by molar-refractivity contribution is -0.132. The van der Waals surface area contributed by atoms with Gasteiger partial charge in [-0.25, -0.2) is 0 Å². The van der Waals surface area contributed by atoms with Crippen LogP contribution in [0.15, 0.2) is 18.2 Å². The van der Waals surface area contributed by atoms with Crippen molar-refractivity contribution in [1.29, 1.82) is 0 Å². The Labute approximate surface area is 101 Å². The molecule has 1 aliphatic rings. The van der Waals surface area contributed by atoms with Gasteiger partial charge >= 0.3 is 5.97 Å². The van der Waals surface area contributed by atoms with Crippen LogP contribution >= 0.6 is 0 Å². The van der Waals surface area contributed by atoms with Crippen LogP contribution in [-0.2, 0) is 4.79 Å². The minimum Gasteiger partial charge on any atom is -0.504 e. The highest BCUT2D eigenvalue weighted by Crippen LogP contribution is 2.31. The van der Waals surface area contributed by atoms with Gasteiger partial charge in [-0.05, 0) is 37.1 Å². The molecule has 0 aliphatic carbocycles. The van der Waals surface area contributed by atoms with E-state index in [0.717, 1.165) is 18.5 Å². The van der Waals surface area contributed by atoms with Crippen LogP contribution in [0.5, 0.6) is 11.5 Å². The summed E-state index contributed by atoms with van der Waals surface area (Å²) in [5.74, 6) is -0.189. The number of benzene rings is 1. The summed E-state index contributed by atoms with van der Waals surface area (Å²) in [6.07, 6.45) is 3.48. The van der Waals surface area contributed by atoms with Crippen molar-refractivity contribution in [1.82, 2.24) is 5.32 Å². The number of carbonyl (C=O) groups excluding carboxylic acids is 1. The molecule has 1 atom stereocenters. The van der Waals surface area contributed by atoms with Crippen LogP contribution in [0.4, 0.5) is 0 Å². The molecular formula is C13H17NO3. The summed E-state index contributed by atoms with van der Waals surface area (Å²) in [7, 11) is 0. The molecule has 0 amide bonds. The van der Waals surface area contributed by atoms with Gasteiger partial charge in [-0.3, -0.25) is 4.79 Å². The molecule has 2 rings (SSSR count). The Morgan fingerprint density at radius 1 is 1.47 bits per heavy atom. The summed E-state index contributed by atoms with van der Waals surface area (Å²) in [6.45, 7) is 2.33. The number of hydrogen-bond donors (Lipinski definition) is 2. The minimum absolute atomic E-state index is 0.0186. The van der Waals surface area contributed by atoms with Crippen LogP contribution in [-0.4, -0.2) is 17.6 Å². The first kappa shape index (κ1) is 11.9. The van der Waals surface area contributed by atoms with E-state index in [0.29, 0.717) is 6.04 Å². The van der Waals surface area contributed by atoms with Gasteiger partial charge in [-0.1, -0.05) is 12.5 Å². The van der Waals surface area contributed by atoms with Crippen LogP contribution < -0.4 is 10.1 Å². The molecule has 4 heteroatoms. The molecule has 1 aromatic rings. The van der Waals surface area contributed by atoms with Crippen molar-refractivity contribution in [2.75, 3.05) is 6.54 Å². The van der Waals surface area contributed by atoms with Gasteiger partial charge in [0.05, 0.1) is 0 Å². The standard InChI is InChI=1S/C13H17NO3/c1-9(15)17-13-6-5-10(8-12(13)16)11-4-2-3-7-14-11/h5-6,8,11,14,16H,2-4,7H2,1H3/t11-/m1/s1. The van der Waals surface area contributed by atoms with Gasteiger partial charge in [0.2, 0.25) is 0 Å². The number of hydrogen-bond acceptors (Lipinski definition) is 4. The lowest BCUT2D eigenvalue weighted by Gasteiger charge is -2.24. The van der Waals surface area contributed by atoms with Gasteiger partial charge in [0.15, 0.2) is 11.5 Å². The number of carbonyl (C=O) groups is 1. The molecule has 0 aromatic heterocycles. The molecule has 1 saturated heterocycles. The third kappa shape index (κ3) is 2.97. The highest BCUT2D eigenvalue weighted by atomic mass is 16.5. The molecule has 92 valence electrons. The quantitative estimate of drug-likeness (QED) is 0.609. The zero-order valence-electron chi connectivity index (χ0n) is 9.90. The second-order valence-corrected chi connectivity index (χ2v) is 4.32. The summed E-state index contributed by atoms with van der Waals surface area (Å²) in [6, 6.07) is 5.49. The Bertz CT molecular complexity index is 411. The molecule has 1 fully saturated rings. The average molecular weight is 235 g/mol. The lowest BCUT2D eigenvalue weighted by Crippen LogP contribution is -2.26. The van der Waals surface area contributed by atoms with Gasteiger partial charge < -0.3 is 15.2 Å². The normalized spacial score (nSPS) is 19.9. The Morgan fingerprint density at radius 3 is 2.88 bits per heavy atom. The maximum absolute atomic E-state index is 10.8. The smallest absolute Gasteiger partial charge is 0.308 e. The van der Waals surface area contributed by atoms with E-state index in [1.807, 2.05) is 6.07 Å². The first-order valence-corrected chi connectivity index (χ1v) is 5.91. The molecule has 1 heterocycles. The predicted molar refractivity (Wildman–Crippen MR) is 64.0 cm³/mol. The fourth-order valence-electron chi connectivity index (χ4n) is 2.13. The van der Waals surface area contributed by atoms with Gasteiger partial charge in [0.25, 0.3) is 0 Å². The first-order valence-electron chi connectivity index (χ1n) is 5.91. The maximum Gasteiger partial charge on any atom is 0.308 e. The molecule has 1 aliphatic heterocycles. The number of nitrogens with one attached hydrogen (secondary N) is 1. The molecule has 0 unspecified atom stereocenters. The molecule has 2 N–H and O–H groups in total. The number of esters is 1. The average Bonchev–Trinajstić information content (AvgIpc) is 2.32. The number of piperidine rings is 1. The molecule has 1 aromatic carbocycles. The first-order chi connectivity index (χ1) is 8.16. The molecule has 0 saturated carbocycles. The molecular weight excluding hydrogens is 218 g/mol. The van der Waals surface area contributed by atoms with Crippen LogP contribution in [0, 0.1) is 0 Å². The summed E-state index contributed by atoms with van der Waals surface area (Å²) >= 11 is 0. The summed E-state index contributed by atoms with van der Waals surface area (Å²) < 4.78 is 4.88. The number of ether oxygens (including phenoxy) is 1. The lowest BCUT2D eigenvalue weighted by atomic mass is 9.97. The number of aromatic hydroxyl groups is 1. The van der Waals surface area contributed by atoms with E-state index in [-0.39, 0.29) is 11.5 Å². The van der Waals surface area contributed by atoms with Gasteiger partial charge in [-0.15, -0.1) is 0 Å². The summed E-state index contributed by atoms with van der Waals surface area (Å²) in [4.78, 5) is 10.8. The van der Waals surface area contributed by atoms with E-state index in [1.165, 1.54) is 19.8 Å². The molecule has 0 radical (unpaired) electrons. The molecule has 0 bridgehead atoms. The summed E-state index contributed by atoms with van der Waals surface area (Å²) in [5, 5.41) is 13.2. The molecule has 4 nitrogen and oxygen atoms in total. The number of rotatable bonds is 2. The van der Waals surface area contributed by atoms with Crippen molar-refractivity contribution in [3.05, 3.63) is 23.8 Å². The zero-order chi connectivity index (χ0) is 12.3. The van der Waals surface area contributed by atoms with E-state index in [4.69, 9.17) is 4.74 Å². The Hall–Kier alpha value is -1.55. The van der Waals surface area contributed by atoms with Crippen molar-refractivity contribution >= 4 is 5.97 Å². The SMILES string of the molecule is CC(=O)Oc1ccc([C@H]2CCCCN2)cc1O. The number of phenols is 1. The minimum atomic E-state index is -0.427. The Balaban J connectivity index is 2.14. The van der Waals surface area contributed by atoms with Gasteiger partial charge in [0.1, 0.15) is 0 Å². The fourth-order valence-corrected chi connectivity index (χ4v) is 2.13. The highest BCUT2D eigenvalue weighted by molar-refractivity contribution is 5.70. The predicted octanol–water partition coefficient (Wildman–Crippen LogP) is 2.13. The summed E-state index contributed by atoms with van der Waals surface area (Å²) in [5.41, 5.74) is 1.04. The number of phenolic OH excluding ortho intramolecular Hbond substituents is 1. The van der Waals surface area contributed by atoms with Crippen LogP contribution in [0.2, 0.25) is 0 Å². The third-order valence-corrected chi connectivity index (χ3v) is 2.95. The van der Waals surface area contributed by atoms with Crippen LogP contribution in [0.1, 0.15) is 37.8 Å². The molecule has 17 heavy (non-hydrogen) atoms. The highest BCUT2D eigenvalue weighted by Gasteiger charge is 2.16. The molecule has 0 spiro atoms. The van der Waals surface area contributed by atoms with Gasteiger partial charge in [-0.2, -0.15) is 0 Å². The van der Waals surface area contributed by atoms with E-state index >= 15 is 0 Å². The maximum atomic E-state index is 10.8. The van der Waals surface area contributed by atoms with Crippen LogP contribution in [0.3, 0.4) is 0 Å². The zero-order valence-corrected chi connectivity index (χ0v) is 9.90. The second kappa shape index (κ2) is 5.19. The van der Waals surface area contributed by atoms with Crippen molar-refractivity contribution in [2.24, 2.45) is 0 Å². The monoisotopic (exact) mass is 235 g/mol. The van der Waals surface area contributed by atoms with E-state index in [2.05, 4.69) is 5.32 Å². The second-order valence-electron chi connectivity index (χ2n) is 4.32. The van der Waals surface area contributed by atoms with Crippen molar-refractivity contribution < 1.29 is 14.6 Å². The van der Waals surface area contributed by atoms with Crippen molar-refractivity contribution in [3.63, 3.8) is 0 Å². The van der Waals surface area contributed by atoms with E-state index in [1.54, 1.807) is 12.1 Å². The largest absolute Gasteiger partial charge is 0.504 e. The van der Waals surface area contributed by atoms with Gasteiger partial charge in [0, 0.05) is 13.0 Å². The van der Waals surface area contributed by atoms with Crippen molar-refractivity contribution in [2.45, 2.75) is 32.2 Å². The Morgan fingerprint density at radius 2 is 2.29 bits per heavy atom. The van der Waals surface area contributed by atoms with E-state index in [9.17, 15) is 9.90 Å².